The lowest BCUT2D eigenvalue weighted by Gasteiger charge is -2.43. The van der Waals surface area contributed by atoms with Crippen LogP contribution in [0.2, 0.25) is 0 Å². The minimum Gasteiger partial charge on any atom is -0.384 e. The van der Waals surface area contributed by atoms with Gasteiger partial charge in [-0.3, -0.25) is 14.5 Å². The zero-order valence-corrected chi connectivity index (χ0v) is 16.6. The van der Waals surface area contributed by atoms with Gasteiger partial charge >= 0.3 is 0 Å². The third-order valence-corrected chi connectivity index (χ3v) is 5.81. The van der Waals surface area contributed by atoms with Crippen molar-refractivity contribution in [2.24, 2.45) is 5.92 Å². The van der Waals surface area contributed by atoms with Crippen LogP contribution in [0.4, 0.5) is 10.1 Å². The molecule has 154 valence electrons. The topological polar surface area (TPSA) is 63.6 Å². The summed E-state index contributed by atoms with van der Waals surface area (Å²) in [6.07, 6.45) is 1.29. The molecule has 1 aromatic heterocycles. The Morgan fingerprint density at radius 1 is 1.17 bits per heavy atom. The maximum absolute atomic E-state index is 13.2. The Balaban J connectivity index is 1.49. The SMILES string of the molecule is COCCC(=O)Nc1ccc2n(c1=O)C[C@@H]1C[C@@H]2CN(Cc2ccc(F)cc2)C1. The number of pyridine rings is 1. The number of likely N-dealkylation sites (tertiary alicyclic amines) is 1. The molecule has 2 aliphatic rings. The molecule has 1 fully saturated rings. The Bertz CT molecular complexity index is 941. The Morgan fingerprint density at radius 2 is 1.97 bits per heavy atom. The first-order chi connectivity index (χ1) is 14.0. The lowest BCUT2D eigenvalue weighted by atomic mass is 9.83. The summed E-state index contributed by atoms with van der Waals surface area (Å²) in [5.74, 6) is 0.237. The highest BCUT2D eigenvalue weighted by molar-refractivity contribution is 5.90. The van der Waals surface area contributed by atoms with Crippen molar-refractivity contribution in [3.8, 4) is 0 Å². The van der Waals surface area contributed by atoms with Crippen LogP contribution in [0.3, 0.4) is 0 Å². The largest absolute Gasteiger partial charge is 0.384 e. The number of carbonyl (C=O) groups excluding carboxylic acids is 1. The Kier molecular flexibility index (Phi) is 5.78. The van der Waals surface area contributed by atoms with Gasteiger partial charge in [-0.15, -0.1) is 0 Å². The fourth-order valence-corrected chi connectivity index (χ4v) is 4.52. The lowest BCUT2D eigenvalue weighted by Crippen LogP contribution is -2.47. The van der Waals surface area contributed by atoms with Gasteiger partial charge in [-0.25, -0.2) is 4.39 Å². The van der Waals surface area contributed by atoms with Crippen LogP contribution in [0.15, 0.2) is 41.2 Å². The van der Waals surface area contributed by atoms with E-state index in [1.807, 2.05) is 22.8 Å². The molecule has 1 N–H and O–H groups in total. The van der Waals surface area contributed by atoms with Gasteiger partial charge in [0.25, 0.3) is 5.56 Å². The molecule has 2 aliphatic heterocycles. The summed E-state index contributed by atoms with van der Waals surface area (Å²) in [5, 5.41) is 2.71. The number of fused-ring (bicyclic) bond motifs is 4. The van der Waals surface area contributed by atoms with Gasteiger partial charge in [0.2, 0.25) is 5.91 Å². The van der Waals surface area contributed by atoms with E-state index < -0.39 is 0 Å². The normalized spacial score (nSPS) is 20.9. The molecular formula is C22H26FN3O3. The number of nitrogens with zero attached hydrogens (tertiary/aromatic N) is 2. The zero-order valence-electron chi connectivity index (χ0n) is 16.6. The molecular weight excluding hydrogens is 373 g/mol. The first-order valence-electron chi connectivity index (χ1n) is 10.0. The number of anilines is 1. The van der Waals surface area contributed by atoms with Gasteiger partial charge in [0.15, 0.2) is 0 Å². The molecule has 0 saturated carbocycles. The van der Waals surface area contributed by atoms with Crippen LogP contribution in [-0.4, -0.2) is 42.2 Å². The van der Waals surface area contributed by atoms with Gasteiger partial charge in [-0.1, -0.05) is 12.1 Å². The number of hydrogen-bond acceptors (Lipinski definition) is 4. The molecule has 0 aliphatic carbocycles. The molecule has 1 aromatic carbocycles. The summed E-state index contributed by atoms with van der Waals surface area (Å²) in [4.78, 5) is 27.3. The van der Waals surface area contributed by atoms with Crippen molar-refractivity contribution in [3.05, 3.63) is 63.8 Å². The van der Waals surface area contributed by atoms with Crippen molar-refractivity contribution in [1.29, 1.82) is 0 Å². The quantitative estimate of drug-likeness (QED) is 0.811. The van der Waals surface area contributed by atoms with Crippen LogP contribution in [0.25, 0.3) is 0 Å². The average molecular weight is 399 g/mol. The van der Waals surface area contributed by atoms with Gasteiger partial charge < -0.3 is 14.6 Å². The van der Waals surface area contributed by atoms with E-state index >= 15 is 0 Å². The predicted octanol–water partition coefficient (Wildman–Crippen LogP) is 2.58. The molecule has 1 amide bonds. The summed E-state index contributed by atoms with van der Waals surface area (Å²) in [7, 11) is 1.54. The van der Waals surface area contributed by atoms with Crippen molar-refractivity contribution < 1.29 is 13.9 Å². The fraction of sp³-hybridized carbons (Fsp3) is 0.455. The third-order valence-electron chi connectivity index (χ3n) is 5.81. The number of amides is 1. The molecule has 0 unspecified atom stereocenters. The maximum atomic E-state index is 13.2. The minimum atomic E-state index is -0.220. The summed E-state index contributed by atoms with van der Waals surface area (Å²) >= 11 is 0. The standard InChI is InChI=1S/C22H26FN3O3/c1-29-9-8-21(27)24-19-6-7-20-17-10-16(13-26(20)22(19)28)12-25(14-17)11-15-2-4-18(23)5-3-15/h2-7,16-17H,8-14H2,1H3,(H,24,27)/t16-,17-/m1/s1. The molecule has 2 atom stereocenters. The third kappa shape index (κ3) is 4.41. The van der Waals surface area contributed by atoms with E-state index in [-0.39, 0.29) is 29.6 Å². The van der Waals surface area contributed by atoms with Gasteiger partial charge in [0, 0.05) is 44.9 Å². The van der Waals surface area contributed by atoms with E-state index in [2.05, 4.69) is 10.2 Å². The summed E-state index contributed by atoms with van der Waals surface area (Å²) in [6.45, 7) is 3.54. The number of aromatic nitrogens is 1. The van der Waals surface area contributed by atoms with Crippen LogP contribution in [0.1, 0.15) is 30.0 Å². The van der Waals surface area contributed by atoms with Crippen LogP contribution in [0.5, 0.6) is 0 Å². The highest BCUT2D eigenvalue weighted by Crippen LogP contribution is 2.36. The summed E-state index contributed by atoms with van der Waals surface area (Å²) in [5.41, 5.74) is 2.33. The van der Waals surface area contributed by atoms with Crippen LogP contribution < -0.4 is 10.9 Å². The number of methoxy groups -OCH3 is 1. The first kappa shape index (κ1) is 19.8. The Hall–Kier alpha value is -2.51. The monoisotopic (exact) mass is 399 g/mol. The van der Waals surface area contributed by atoms with Crippen LogP contribution in [-0.2, 0) is 22.6 Å². The van der Waals surface area contributed by atoms with Gasteiger partial charge in [0.05, 0.1) is 13.0 Å². The molecule has 4 rings (SSSR count). The highest BCUT2D eigenvalue weighted by atomic mass is 19.1. The van der Waals surface area contributed by atoms with E-state index in [0.717, 1.165) is 37.3 Å². The number of halogens is 1. The minimum absolute atomic E-state index is 0.130. The van der Waals surface area contributed by atoms with E-state index in [9.17, 15) is 14.0 Å². The summed E-state index contributed by atoms with van der Waals surface area (Å²) in [6, 6.07) is 10.3. The molecule has 0 spiro atoms. The molecule has 2 aromatic rings. The average Bonchev–Trinajstić information content (AvgIpc) is 2.70. The number of carbonyl (C=O) groups is 1. The van der Waals surface area contributed by atoms with Crippen LogP contribution in [0, 0.1) is 11.7 Å². The van der Waals surface area contributed by atoms with Crippen molar-refractivity contribution in [2.75, 3.05) is 32.1 Å². The lowest BCUT2D eigenvalue weighted by molar-refractivity contribution is -0.117. The van der Waals surface area contributed by atoms with E-state index in [0.29, 0.717) is 24.8 Å². The molecule has 2 bridgehead atoms. The number of ether oxygens (including phenoxy) is 1. The fourth-order valence-electron chi connectivity index (χ4n) is 4.52. The second-order valence-electron chi connectivity index (χ2n) is 8.00. The van der Waals surface area contributed by atoms with E-state index in [4.69, 9.17) is 4.74 Å². The smallest absolute Gasteiger partial charge is 0.274 e. The molecule has 7 heteroatoms. The Labute approximate surface area is 169 Å². The van der Waals surface area contributed by atoms with Gasteiger partial charge in [-0.2, -0.15) is 0 Å². The Morgan fingerprint density at radius 3 is 2.72 bits per heavy atom. The van der Waals surface area contributed by atoms with Crippen molar-refractivity contribution in [1.82, 2.24) is 9.47 Å². The number of rotatable bonds is 6. The van der Waals surface area contributed by atoms with Crippen molar-refractivity contribution in [3.63, 3.8) is 0 Å². The number of hydrogen-bond donors (Lipinski definition) is 1. The molecule has 6 nitrogen and oxygen atoms in total. The van der Waals surface area contributed by atoms with Crippen molar-refractivity contribution >= 4 is 11.6 Å². The molecule has 0 radical (unpaired) electrons. The number of nitrogens with one attached hydrogen (secondary N) is 1. The van der Waals surface area contributed by atoms with Gasteiger partial charge in [-0.05, 0) is 42.2 Å². The number of benzene rings is 1. The first-order valence-corrected chi connectivity index (χ1v) is 10.0. The van der Waals surface area contributed by atoms with Crippen molar-refractivity contribution in [2.45, 2.75) is 31.8 Å². The second kappa shape index (κ2) is 8.47. The molecule has 1 saturated heterocycles. The second-order valence-corrected chi connectivity index (χ2v) is 8.00. The van der Waals surface area contributed by atoms with E-state index in [1.54, 1.807) is 13.2 Å². The number of piperidine rings is 1. The highest BCUT2D eigenvalue weighted by Gasteiger charge is 2.35. The summed E-state index contributed by atoms with van der Waals surface area (Å²) < 4.78 is 19.9. The molecule has 3 heterocycles. The predicted molar refractivity (Wildman–Crippen MR) is 108 cm³/mol. The van der Waals surface area contributed by atoms with Gasteiger partial charge in [0.1, 0.15) is 11.5 Å². The maximum Gasteiger partial charge on any atom is 0.274 e. The van der Waals surface area contributed by atoms with Crippen LogP contribution >= 0.6 is 0 Å². The van der Waals surface area contributed by atoms with E-state index in [1.165, 1.54) is 12.1 Å². The molecule has 29 heavy (non-hydrogen) atoms. The zero-order chi connectivity index (χ0) is 20.4.